The Morgan fingerprint density at radius 1 is 1.69 bits per heavy atom. The lowest BCUT2D eigenvalue weighted by molar-refractivity contribution is 0.0549. The zero-order valence-electron chi connectivity index (χ0n) is 8.07. The van der Waals surface area contributed by atoms with Gasteiger partial charge >= 0.3 is 0 Å². The highest BCUT2D eigenvalue weighted by Crippen LogP contribution is 2.18. The van der Waals surface area contributed by atoms with Gasteiger partial charge in [0.15, 0.2) is 0 Å². The van der Waals surface area contributed by atoms with E-state index in [2.05, 4.69) is 22.9 Å². The Balaban J connectivity index is 2.05. The SMILES string of the molecule is CCc1cnn(C2CCCOC2)c1. The molecule has 0 aromatic carbocycles. The van der Waals surface area contributed by atoms with E-state index in [0.717, 1.165) is 26.1 Å². The second-order valence-corrected chi connectivity index (χ2v) is 3.55. The summed E-state index contributed by atoms with van der Waals surface area (Å²) in [6.45, 7) is 3.89. The van der Waals surface area contributed by atoms with Crippen LogP contribution in [0, 0.1) is 0 Å². The largest absolute Gasteiger partial charge is 0.379 e. The van der Waals surface area contributed by atoms with E-state index >= 15 is 0 Å². The molecule has 0 saturated carbocycles. The monoisotopic (exact) mass is 180 g/mol. The van der Waals surface area contributed by atoms with Crippen molar-refractivity contribution in [1.82, 2.24) is 9.78 Å². The standard InChI is InChI=1S/C10H16N2O/c1-2-9-6-11-12(7-9)10-4-3-5-13-8-10/h6-7,10H,2-5,8H2,1H3. The lowest BCUT2D eigenvalue weighted by Crippen LogP contribution is -2.21. The minimum atomic E-state index is 0.467. The van der Waals surface area contributed by atoms with Crippen LogP contribution < -0.4 is 0 Å². The van der Waals surface area contributed by atoms with Crippen molar-refractivity contribution in [2.24, 2.45) is 0 Å². The smallest absolute Gasteiger partial charge is 0.0753 e. The number of rotatable bonds is 2. The Kier molecular flexibility index (Phi) is 2.64. The van der Waals surface area contributed by atoms with Crippen molar-refractivity contribution in [3.63, 3.8) is 0 Å². The third-order valence-electron chi connectivity index (χ3n) is 2.57. The van der Waals surface area contributed by atoms with E-state index in [9.17, 15) is 0 Å². The van der Waals surface area contributed by atoms with Crippen LogP contribution in [0.5, 0.6) is 0 Å². The molecular weight excluding hydrogens is 164 g/mol. The van der Waals surface area contributed by atoms with Gasteiger partial charge in [-0.15, -0.1) is 0 Å². The van der Waals surface area contributed by atoms with Crippen molar-refractivity contribution < 1.29 is 4.74 Å². The van der Waals surface area contributed by atoms with Crippen LogP contribution in [0.1, 0.15) is 31.4 Å². The number of aromatic nitrogens is 2. The van der Waals surface area contributed by atoms with Crippen molar-refractivity contribution >= 4 is 0 Å². The summed E-state index contributed by atoms with van der Waals surface area (Å²) in [4.78, 5) is 0. The van der Waals surface area contributed by atoms with Crippen LogP contribution in [0.2, 0.25) is 0 Å². The fourth-order valence-electron chi connectivity index (χ4n) is 1.69. The summed E-state index contributed by atoms with van der Waals surface area (Å²) in [7, 11) is 0. The first kappa shape index (κ1) is 8.75. The zero-order chi connectivity index (χ0) is 9.10. The van der Waals surface area contributed by atoms with Gasteiger partial charge in [-0.1, -0.05) is 6.92 Å². The highest BCUT2D eigenvalue weighted by Gasteiger charge is 2.15. The first-order valence-electron chi connectivity index (χ1n) is 5.01. The van der Waals surface area contributed by atoms with E-state index in [-0.39, 0.29) is 0 Å². The summed E-state index contributed by atoms with van der Waals surface area (Å²) in [5, 5.41) is 4.35. The average Bonchev–Trinajstić information content (AvgIpc) is 2.67. The van der Waals surface area contributed by atoms with Gasteiger partial charge in [0.2, 0.25) is 0 Å². The van der Waals surface area contributed by atoms with Gasteiger partial charge in [0, 0.05) is 12.8 Å². The summed E-state index contributed by atoms with van der Waals surface area (Å²) in [6.07, 6.45) is 7.51. The fraction of sp³-hybridized carbons (Fsp3) is 0.700. The Hall–Kier alpha value is -0.830. The molecule has 0 bridgehead atoms. The number of nitrogens with zero attached hydrogens (tertiary/aromatic N) is 2. The van der Waals surface area contributed by atoms with Crippen molar-refractivity contribution in [2.45, 2.75) is 32.2 Å². The molecule has 1 atom stereocenters. The summed E-state index contributed by atoms with van der Waals surface area (Å²) < 4.78 is 7.47. The molecule has 0 aliphatic carbocycles. The normalized spacial score (nSPS) is 23.3. The number of aryl methyl sites for hydroxylation is 1. The first-order valence-corrected chi connectivity index (χ1v) is 5.01. The van der Waals surface area contributed by atoms with E-state index in [0.29, 0.717) is 6.04 Å². The molecule has 1 aromatic heterocycles. The maximum absolute atomic E-state index is 5.42. The summed E-state index contributed by atoms with van der Waals surface area (Å²) >= 11 is 0. The first-order chi connectivity index (χ1) is 6.40. The van der Waals surface area contributed by atoms with Crippen LogP contribution in [0.15, 0.2) is 12.4 Å². The summed E-state index contributed by atoms with van der Waals surface area (Å²) in [5.41, 5.74) is 1.31. The molecule has 0 radical (unpaired) electrons. The summed E-state index contributed by atoms with van der Waals surface area (Å²) in [5.74, 6) is 0. The van der Waals surface area contributed by atoms with Crippen molar-refractivity contribution in [1.29, 1.82) is 0 Å². The molecule has 1 unspecified atom stereocenters. The van der Waals surface area contributed by atoms with Crippen LogP contribution in [0.3, 0.4) is 0 Å². The van der Waals surface area contributed by atoms with E-state index < -0.39 is 0 Å². The van der Waals surface area contributed by atoms with Gasteiger partial charge in [-0.2, -0.15) is 5.10 Å². The molecule has 0 N–H and O–H groups in total. The third kappa shape index (κ3) is 1.91. The molecule has 0 amide bonds. The van der Waals surface area contributed by atoms with Crippen molar-refractivity contribution in [3.8, 4) is 0 Å². The Morgan fingerprint density at radius 3 is 3.23 bits per heavy atom. The minimum Gasteiger partial charge on any atom is -0.379 e. The molecule has 72 valence electrons. The molecular formula is C10H16N2O. The minimum absolute atomic E-state index is 0.467. The van der Waals surface area contributed by atoms with Gasteiger partial charge < -0.3 is 4.74 Å². The van der Waals surface area contributed by atoms with Gasteiger partial charge in [-0.25, -0.2) is 0 Å². The predicted molar refractivity (Wildman–Crippen MR) is 50.7 cm³/mol. The topological polar surface area (TPSA) is 27.1 Å². The molecule has 1 aliphatic rings. The maximum atomic E-state index is 5.42. The molecule has 1 aromatic rings. The van der Waals surface area contributed by atoms with Crippen LogP contribution >= 0.6 is 0 Å². The van der Waals surface area contributed by atoms with E-state index in [1.54, 1.807) is 0 Å². The fourth-order valence-corrected chi connectivity index (χ4v) is 1.69. The lowest BCUT2D eigenvalue weighted by atomic mass is 10.1. The van der Waals surface area contributed by atoms with Crippen LogP contribution in [-0.4, -0.2) is 23.0 Å². The van der Waals surface area contributed by atoms with Gasteiger partial charge in [0.05, 0.1) is 18.8 Å². The molecule has 0 spiro atoms. The lowest BCUT2D eigenvalue weighted by Gasteiger charge is -2.22. The van der Waals surface area contributed by atoms with Gasteiger partial charge in [-0.3, -0.25) is 4.68 Å². The molecule has 3 nitrogen and oxygen atoms in total. The van der Waals surface area contributed by atoms with Crippen LogP contribution in [0.25, 0.3) is 0 Å². The van der Waals surface area contributed by atoms with Crippen molar-refractivity contribution in [2.75, 3.05) is 13.2 Å². The Morgan fingerprint density at radius 2 is 2.62 bits per heavy atom. The van der Waals surface area contributed by atoms with E-state index in [4.69, 9.17) is 4.74 Å². The molecule has 2 heterocycles. The molecule has 1 fully saturated rings. The summed E-state index contributed by atoms with van der Waals surface area (Å²) in [6, 6.07) is 0.467. The molecule has 3 heteroatoms. The van der Waals surface area contributed by atoms with E-state index in [1.807, 2.05) is 6.20 Å². The van der Waals surface area contributed by atoms with Crippen molar-refractivity contribution in [3.05, 3.63) is 18.0 Å². The molecule has 2 rings (SSSR count). The highest BCUT2D eigenvalue weighted by molar-refractivity contribution is 5.03. The second kappa shape index (κ2) is 3.92. The average molecular weight is 180 g/mol. The zero-order valence-corrected chi connectivity index (χ0v) is 8.07. The number of ether oxygens (including phenoxy) is 1. The van der Waals surface area contributed by atoms with Gasteiger partial charge in [-0.05, 0) is 24.8 Å². The van der Waals surface area contributed by atoms with Crippen LogP contribution in [-0.2, 0) is 11.2 Å². The van der Waals surface area contributed by atoms with E-state index in [1.165, 1.54) is 12.0 Å². The molecule has 13 heavy (non-hydrogen) atoms. The highest BCUT2D eigenvalue weighted by atomic mass is 16.5. The quantitative estimate of drug-likeness (QED) is 0.694. The molecule has 1 saturated heterocycles. The van der Waals surface area contributed by atoms with Gasteiger partial charge in [0.1, 0.15) is 0 Å². The Bertz CT molecular complexity index is 264. The predicted octanol–water partition coefficient (Wildman–Crippen LogP) is 1.80. The third-order valence-corrected chi connectivity index (χ3v) is 2.57. The number of hydrogen-bond acceptors (Lipinski definition) is 2. The van der Waals surface area contributed by atoms with Crippen LogP contribution in [0.4, 0.5) is 0 Å². The second-order valence-electron chi connectivity index (χ2n) is 3.55. The Labute approximate surface area is 78.7 Å². The number of hydrogen-bond donors (Lipinski definition) is 0. The molecule has 1 aliphatic heterocycles. The maximum Gasteiger partial charge on any atom is 0.0753 e. The van der Waals surface area contributed by atoms with Gasteiger partial charge in [0.25, 0.3) is 0 Å².